The van der Waals surface area contributed by atoms with Crippen LogP contribution in [0.2, 0.25) is 0 Å². The molecule has 2 rings (SSSR count). The van der Waals surface area contributed by atoms with Gasteiger partial charge >= 0.3 is 0 Å². The van der Waals surface area contributed by atoms with Crippen LogP contribution in [0.15, 0.2) is 36.9 Å². The zero-order valence-corrected chi connectivity index (χ0v) is 12.1. The summed E-state index contributed by atoms with van der Waals surface area (Å²) in [6.45, 7) is 4.76. The number of ether oxygens (including phenoxy) is 2. The largest absolute Gasteiger partial charge is 0.374 e. The molecule has 108 valence electrons. The van der Waals surface area contributed by atoms with Crippen LogP contribution in [0, 0.1) is 0 Å². The summed E-state index contributed by atoms with van der Waals surface area (Å²) in [6.07, 6.45) is 4.47. The van der Waals surface area contributed by atoms with Crippen LogP contribution in [-0.4, -0.2) is 19.5 Å². The smallest absolute Gasteiger partial charge is 0.133 e. The Morgan fingerprint density at radius 2 is 2.10 bits per heavy atom. The highest BCUT2D eigenvalue weighted by atomic mass is 16.5. The van der Waals surface area contributed by atoms with Crippen molar-refractivity contribution in [3.8, 4) is 0 Å². The highest BCUT2D eigenvalue weighted by Gasteiger charge is 2.36. The van der Waals surface area contributed by atoms with Crippen LogP contribution in [-0.2, 0) is 26.5 Å². The van der Waals surface area contributed by atoms with Gasteiger partial charge in [0.25, 0.3) is 0 Å². The van der Waals surface area contributed by atoms with E-state index in [1.165, 1.54) is 0 Å². The van der Waals surface area contributed by atoms with Gasteiger partial charge in [0.15, 0.2) is 0 Å². The molecular formula is C17H22O3. The minimum atomic E-state index is -0.317. The molecule has 1 aromatic carbocycles. The topological polar surface area (TPSA) is 35.5 Å². The highest BCUT2D eigenvalue weighted by molar-refractivity contribution is 5.79. The molecule has 0 aliphatic heterocycles. The fraction of sp³-hybridized carbons (Fsp3) is 0.471. The number of hydrogen-bond acceptors (Lipinski definition) is 3. The molecule has 0 N–H and O–H groups in total. The van der Waals surface area contributed by atoms with Crippen LogP contribution in [0.4, 0.5) is 0 Å². The van der Waals surface area contributed by atoms with Gasteiger partial charge in [-0.2, -0.15) is 0 Å². The Hall–Kier alpha value is -1.45. The zero-order chi connectivity index (χ0) is 14.4. The molecular weight excluding hydrogens is 252 g/mol. The Morgan fingerprint density at radius 1 is 1.35 bits per heavy atom. The second-order valence-corrected chi connectivity index (χ2v) is 5.24. The lowest BCUT2D eigenvalue weighted by Gasteiger charge is -2.36. The summed E-state index contributed by atoms with van der Waals surface area (Å²) in [7, 11) is 1.73. The quantitative estimate of drug-likeness (QED) is 0.589. The van der Waals surface area contributed by atoms with E-state index in [0.717, 1.165) is 24.0 Å². The van der Waals surface area contributed by atoms with Crippen LogP contribution < -0.4 is 0 Å². The Kier molecular flexibility index (Phi) is 5.10. The molecule has 3 nitrogen and oxygen atoms in total. The summed E-state index contributed by atoms with van der Waals surface area (Å²) >= 11 is 0. The van der Waals surface area contributed by atoms with Gasteiger partial charge < -0.3 is 9.47 Å². The van der Waals surface area contributed by atoms with Crippen molar-refractivity contribution in [3.63, 3.8) is 0 Å². The van der Waals surface area contributed by atoms with E-state index >= 15 is 0 Å². The lowest BCUT2D eigenvalue weighted by atomic mass is 9.78. The Balaban J connectivity index is 2.15. The molecule has 1 aromatic rings. The molecule has 1 fully saturated rings. The molecule has 3 heteroatoms. The summed E-state index contributed by atoms with van der Waals surface area (Å²) in [5.41, 5.74) is 1.95. The molecule has 0 radical (unpaired) electrons. The molecule has 0 bridgehead atoms. The molecule has 0 amide bonds. The van der Waals surface area contributed by atoms with Gasteiger partial charge in [-0.1, -0.05) is 30.3 Å². The summed E-state index contributed by atoms with van der Waals surface area (Å²) in [4.78, 5) is 11.5. The highest BCUT2D eigenvalue weighted by Crippen LogP contribution is 2.39. The average molecular weight is 274 g/mol. The number of benzene rings is 1. The Labute approximate surface area is 120 Å². The first-order chi connectivity index (χ1) is 9.70. The molecule has 0 heterocycles. The van der Waals surface area contributed by atoms with E-state index in [4.69, 9.17) is 9.47 Å². The van der Waals surface area contributed by atoms with Gasteiger partial charge in [0.1, 0.15) is 5.78 Å². The van der Waals surface area contributed by atoms with E-state index in [0.29, 0.717) is 31.8 Å². The number of carbonyl (C=O) groups is 1. The maximum absolute atomic E-state index is 11.5. The number of ketones is 1. The fourth-order valence-corrected chi connectivity index (χ4v) is 2.75. The van der Waals surface area contributed by atoms with Gasteiger partial charge in [-0.25, -0.2) is 0 Å². The van der Waals surface area contributed by atoms with Crippen LogP contribution in [0.5, 0.6) is 0 Å². The van der Waals surface area contributed by atoms with Crippen molar-refractivity contribution >= 4 is 5.78 Å². The molecule has 20 heavy (non-hydrogen) atoms. The predicted molar refractivity (Wildman–Crippen MR) is 78.5 cm³/mol. The van der Waals surface area contributed by atoms with Crippen LogP contribution in [0.3, 0.4) is 0 Å². The van der Waals surface area contributed by atoms with E-state index in [9.17, 15) is 4.79 Å². The molecule has 0 spiro atoms. The molecule has 0 atom stereocenters. The molecule has 1 aliphatic rings. The second-order valence-electron chi connectivity index (χ2n) is 5.24. The standard InChI is InChI=1S/C17H22O3/c1-3-11-20-13-14-5-4-6-15(12-14)17(19-2)9-7-16(18)8-10-17/h3-6,12H,1,7-11,13H2,2H3. The van der Waals surface area contributed by atoms with Crippen molar-refractivity contribution < 1.29 is 14.3 Å². The first-order valence-corrected chi connectivity index (χ1v) is 7.05. The zero-order valence-electron chi connectivity index (χ0n) is 12.1. The van der Waals surface area contributed by atoms with Gasteiger partial charge in [0.2, 0.25) is 0 Å². The number of methoxy groups -OCH3 is 1. The van der Waals surface area contributed by atoms with Crippen molar-refractivity contribution in [1.29, 1.82) is 0 Å². The molecule has 0 saturated heterocycles. The average Bonchev–Trinajstić information content (AvgIpc) is 2.49. The second kappa shape index (κ2) is 6.82. The Morgan fingerprint density at radius 3 is 2.75 bits per heavy atom. The SMILES string of the molecule is C=CCOCc1cccc(C2(OC)CCC(=O)CC2)c1. The van der Waals surface area contributed by atoms with Gasteiger partial charge in [0, 0.05) is 20.0 Å². The maximum Gasteiger partial charge on any atom is 0.133 e. The normalized spacial score (nSPS) is 17.9. The van der Waals surface area contributed by atoms with Crippen LogP contribution >= 0.6 is 0 Å². The number of hydrogen-bond donors (Lipinski definition) is 0. The first kappa shape index (κ1) is 14.9. The molecule has 1 aliphatic carbocycles. The first-order valence-electron chi connectivity index (χ1n) is 7.05. The number of Topliss-reactive ketones (excluding diaryl/α,β-unsaturated/α-hetero) is 1. The molecule has 1 saturated carbocycles. The lowest BCUT2D eigenvalue weighted by molar-refractivity contribution is -0.127. The van der Waals surface area contributed by atoms with E-state index in [1.54, 1.807) is 13.2 Å². The van der Waals surface area contributed by atoms with Crippen LogP contribution in [0.25, 0.3) is 0 Å². The van der Waals surface area contributed by atoms with E-state index < -0.39 is 0 Å². The summed E-state index contributed by atoms with van der Waals surface area (Å²) in [6, 6.07) is 8.28. The Bertz CT molecular complexity index is 469. The third-order valence-corrected chi connectivity index (χ3v) is 3.96. The monoisotopic (exact) mass is 274 g/mol. The molecule has 0 aromatic heterocycles. The predicted octanol–water partition coefficient (Wildman–Crippen LogP) is 3.37. The fourth-order valence-electron chi connectivity index (χ4n) is 2.75. The van der Waals surface area contributed by atoms with Crippen molar-refractivity contribution in [2.75, 3.05) is 13.7 Å². The lowest BCUT2D eigenvalue weighted by Crippen LogP contribution is -2.33. The van der Waals surface area contributed by atoms with Crippen molar-refractivity contribution in [1.82, 2.24) is 0 Å². The van der Waals surface area contributed by atoms with Gasteiger partial charge in [-0.3, -0.25) is 4.79 Å². The van der Waals surface area contributed by atoms with E-state index in [1.807, 2.05) is 12.1 Å². The molecule has 0 unspecified atom stereocenters. The minimum Gasteiger partial charge on any atom is -0.374 e. The third kappa shape index (κ3) is 3.35. The van der Waals surface area contributed by atoms with Gasteiger partial charge in [-0.05, 0) is 24.0 Å². The van der Waals surface area contributed by atoms with Crippen molar-refractivity contribution in [2.45, 2.75) is 37.9 Å². The van der Waals surface area contributed by atoms with Crippen molar-refractivity contribution in [3.05, 3.63) is 48.0 Å². The summed E-state index contributed by atoms with van der Waals surface area (Å²) in [5, 5.41) is 0. The maximum atomic E-state index is 11.5. The summed E-state index contributed by atoms with van der Waals surface area (Å²) in [5.74, 6) is 0.336. The minimum absolute atomic E-state index is 0.317. The van der Waals surface area contributed by atoms with Gasteiger partial charge in [-0.15, -0.1) is 6.58 Å². The number of rotatable bonds is 6. The van der Waals surface area contributed by atoms with Crippen molar-refractivity contribution in [2.24, 2.45) is 0 Å². The van der Waals surface area contributed by atoms with Gasteiger partial charge in [0.05, 0.1) is 18.8 Å². The third-order valence-electron chi connectivity index (χ3n) is 3.96. The van der Waals surface area contributed by atoms with E-state index in [-0.39, 0.29) is 5.60 Å². The number of carbonyl (C=O) groups excluding carboxylic acids is 1. The van der Waals surface area contributed by atoms with Crippen LogP contribution in [0.1, 0.15) is 36.8 Å². The van der Waals surface area contributed by atoms with E-state index in [2.05, 4.69) is 18.7 Å². The summed E-state index contributed by atoms with van der Waals surface area (Å²) < 4.78 is 11.3.